The van der Waals surface area contributed by atoms with E-state index in [1.165, 1.54) is 31.6 Å². The molecular weight excluding hydrogens is 452 g/mol. The molecule has 1 unspecified atom stereocenters. The molecule has 0 aromatic heterocycles. The molecule has 1 heterocycles. The van der Waals surface area contributed by atoms with Gasteiger partial charge in [-0.2, -0.15) is 0 Å². The molecule has 0 spiro atoms. The van der Waals surface area contributed by atoms with Crippen LogP contribution >= 0.6 is 34.0 Å². The predicted molar refractivity (Wildman–Crippen MR) is 121 cm³/mol. The molecular formula is C22H30Br2N2. The molecule has 0 amide bonds. The summed E-state index contributed by atoms with van der Waals surface area (Å²) in [6.45, 7) is 4.81. The topological polar surface area (TPSA) is 6.48 Å². The zero-order valence-electron chi connectivity index (χ0n) is 15.7. The van der Waals surface area contributed by atoms with E-state index in [1.807, 2.05) is 0 Å². The molecule has 0 radical (unpaired) electrons. The molecule has 26 heavy (non-hydrogen) atoms. The minimum absolute atomic E-state index is 0. The van der Waals surface area contributed by atoms with Gasteiger partial charge in [-0.25, -0.2) is 0 Å². The molecule has 2 nitrogen and oxygen atoms in total. The van der Waals surface area contributed by atoms with Crippen LogP contribution in [0.4, 0.5) is 0 Å². The highest BCUT2D eigenvalue weighted by Crippen LogP contribution is 2.52. The second kappa shape index (κ2) is 9.50. The van der Waals surface area contributed by atoms with Crippen molar-refractivity contribution in [2.75, 3.05) is 40.3 Å². The number of hydrogen-bond acceptors (Lipinski definition) is 2. The highest BCUT2D eigenvalue weighted by Gasteiger charge is 2.43. The van der Waals surface area contributed by atoms with Crippen molar-refractivity contribution in [1.82, 2.24) is 9.80 Å². The standard InChI is InChI=1S/C22H28N2.2BrH/c1-23(2)14-15-24-13-12-19-18-10-6-7-11-20(18)22(21(19)16-24)17-8-4-3-5-9-17;;/h3-11,19,21-22H,12-16H2,1-2H3;2*1H/t19-,21-,22?;;/m0../s1. The van der Waals surface area contributed by atoms with Crippen LogP contribution in [0.15, 0.2) is 54.6 Å². The minimum atomic E-state index is 0. The molecule has 1 aliphatic carbocycles. The van der Waals surface area contributed by atoms with Gasteiger partial charge in [0.15, 0.2) is 0 Å². The Morgan fingerprint density at radius 2 is 1.58 bits per heavy atom. The van der Waals surface area contributed by atoms with Crippen molar-refractivity contribution >= 4 is 34.0 Å². The van der Waals surface area contributed by atoms with Crippen molar-refractivity contribution in [3.05, 3.63) is 71.3 Å². The molecule has 3 atom stereocenters. The first-order valence-electron chi connectivity index (χ1n) is 9.25. The lowest BCUT2D eigenvalue weighted by atomic mass is 9.79. The smallest absolute Gasteiger partial charge is 0.0138 e. The molecule has 0 bridgehead atoms. The highest BCUT2D eigenvalue weighted by molar-refractivity contribution is 8.93. The molecule has 4 heteroatoms. The molecule has 2 aromatic rings. The van der Waals surface area contributed by atoms with Gasteiger partial charge in [-0.15, -0.1) is 34.0 Å². The predicted octanol–water partition coefficient (Wildman–Crippen LogP) is 4.96. The Kier molecular flexibility index (Phi) is 7.90. The number of hydrogen-bond donors (Lipinski definition) is 0. The van der Waals surface area contributed by atoms with E-state index in [0.29, 0.717) is 5.92 Å². The third kappa shape index (κ3) is 4.24. The first-order chi connectivity index (χ1) is 11.7. The number of halogens is 2. The zero-order valence-corrected chi connectivity index (χ0v) is 19.1. The van der Waals surface area contributed by atoms with Crippen LogP contribution < -0.4 is 0 Å². The fraction of sp³-hybridized carbons (Fsp3) is 0.455. The number of rotatable bonds is 4. The van der Waals surface area contributed by atoms with Crippen molar-refractivity contribution in [2.24, 2.45) is 5.92 Å². The first-order valence-corrected chi connectivity index (χ1v) is 9.25. The van der Waals surface area contributed by atoms with Crippen LogP contribution in [-0.2, 0) is 0 Å². The Balaban J connectivity index is 0.00000121. The fourth-order valence-electron chi connectivity index (χ4n) is 4.77. The molecule has 1 fully saturated rings. The summed E-state index contributed by atoms with van der Waals surface area (Å²) < 4.78 is 0. The summed E-state index contributed by atoms with van der Waals surface area (Å²) in [6.07, 6.45) is 1.30. The lowest BCUT2D eigenvalue weighted by Gasteiger charge is -2.38. The summed E-state index contributed by atoms with van der Waals surface area (Å²) in [5.74, 6) is 2.03. The van der Waals surface area contributed by atoms with Gasteiger partial charge in [-0.1, -0.05) is 54.6 Å². The summed E-state index contributed by atoms with van der Waals surface area (Å²) in [7, 11) is 4.34. The zero-order chi connectivity index (χ0) is 16.5. The second-order valence-corrected chi connectivity index (χ2v) is 7.68. The van der Waals surface area contributed by atoms with Crippen LogP contribution in [0.1, 0.15) is 34.9 Å². The maximum Gasteiger partial charge on any atom is 0.0138 e. The van der Waals surface area contributed by atoms with E-state index in [-0.39, 0.29) is 34.0 Å². The van der Waals surface area contributed by atoms with Crippen LogP contribution in [0.2, 0.25) is 0 Å². The molecule has 1 aliphatic heterocycles. The number of fused-ring (bicyclic) bond motifs is 3. The summed E-state index contributed by atoms with van der Waals surface area (Å²) in [6, 6.07) is 20.4. The van der Waals surface area contributed by atoms with Gasteiger partial charge < -0.3 is 9.80 Å². The highest BCUT2D eigenvalue weighted by atomic mass is 79.9. The Hall–Kier alpha value is -0.680. The normalized spacial score (nSPS) is 24.3. The quantitative estimate of drug-likeness (QED) is 0.609. The van der Waals surface area contributed by atoms with Crippen LogP contribution in [0, 0.1) is 5.92 Å². The number of likely N-dealkylation sites (tertiary alicyclic amines) is 1. The van der Waals surface area contributed by atoms with Crippen molar-refractivity contribution in [3.63, 3.8) is 0 Å². The van der Waals surface area contributed by atoms with E-state index in [4.69, 9.17) is 0 Å². The van der Waals surface area contributed by atoms with Gasteiger partial charge >= 0.3 is 0 Å². The average molecular weight is 482 g/mol. The SMILES string of the molecule is Br.Br.CN(C)CCN1CC[C@H]2c3ccccc3C(c3ccccc3)[C@H]2C1. The lowest BCUT2D eigenvalue weighted by molar-refractivity contribution is 0.143. The van der Waals surface area contributed by atoms with Crippen LogP contribution in [0.3, 0.4) is 0 Å². The van der Waals surface area contributed by atoms with E-state index in [1.54, 1.807) is 11.1 Å². The van der Waals surface area contributed by atoms with E-state index in [0.717, 1.165) is 18.4 Å². The molecule has 0 N–H and O–H groups in total. The van der Waals surface area contributed by atoms with Gasteiger partial charge in [-0.3, -0.25) is 0 Å². The number of nitrogens with zero attached hydrogens (tertiary/aromatic N) is 2. The monoisotopic (exact) mass is 480 g/mol. The molecule has 142 valence electrons. The van der Waals surface area contributed by atoms with Gasteiger partial charge in [-0.05, 0) is 55.6 Å². The Labute approximate surface area is 179 Å². The summed E-state index contributed by atoms with van der Waals surface area (Å²) >= 11 is 0. The lowest BCUT2D eigenvalue weighted by Crippen LogP contribution is -2.42. The van der Waals surface area contributed by atoms with E-state index >= 15 is 0 Å². The van der Waals surface area contributed by atoms with Gasteiger partial charge in [0.2, 0.25) is 0 Å². The third-order valence-corrected chi connectivity index (χ3v) is 5.92. The van der Waals surface area contributed by atoms with Crippen molar-refractivity contribution in [2.45, 2.75) is 18.3 Å². The van der Waals surface area contributed by atoms with Gasteiger partial charge in [0.05, 0.1) is 0 Å². The fourth-order valence-corrected chi connectivity index (χ4v) is 4.77. The van der Waals surface area contributed by atoms with Crippen LogP contribution in [0.5, 0.6) is 0 Å². The van der Waals surface area contributed by atoms with Crippen LogP contribution in [0.25, 0.3) is 0 Å². The van der Waals surface area contributed by atoms with Crippen LogP contribution in [-0.4, -0.2) is 50.1 Å². The summed E-state index contributed by atoms with van der Waals surface area (Å²) in [5.41, 5.74) is 4.68. The Morgan fingerprint density at radius 3 is 2.27 bits per heavy atom. The van der Waals surface area contributed by atoms with Gasteiger partial charge in [0.1, 0.15) is 0 Å². The van der Waals surface area contributed by atoms with Gasteiger partial charge in [0.25, 0.3) is 0 Å². The Bertz CT molecular complexity index is 690. The maximum absolute atomic E-state index is 2.68. The maximum atomic E-state index is 2.68. The largest absolute Gasteiger partial charge is 0.308 e. The second-order valence-electron chi connectivity index (χ2n) is 7.68. The molecule has 1 saturated heterocycles. The van der Waals surface area contributed by atoms with Crippen molar-refractivity contribution in [3.8, 4) is 0 Å². The van der Waals surface area contributed by atoms with E-state index in [9.17, 15) is 0 Å². The van der Waals surface area contributed by atoms with Crippen molar-refractivity contribution in [1.29, 1.82) is 0 Å². The minimum Gasteiger partial charge on any atom is -0.308 e. The van der Waals surface area contributed by atoms with E-state index < -0.39 is 0 Å². The van der Waals surface area contributed by atoms with E-state index in [2.05, 4.69) is 78.5 Å². The summed E-state index contributed by atoms with van der Waals surface area (Å²) in [4.78, 5) is 4.98. The number of piperidine rings is 1. The first kappa shape index (κ1) is 21.6. The average Bonchev–Trinajstić information content (AvgIpc) is 2.94. The van der Waals surface area contributed by atoms with Crippen molar-refractivity contribution < 1.29 is 0 Å². The summed E-state index contributed by atoms with van der Waals surface area (Å²) in [5, 5.41) is 0. The molecule has 2 aliphatic rings. The molecule has 4 rings (SSSR count). The third-order valence-electron chi connectivity index (χ3n) is 5.92. The number of benzene rings is 2. The Morgan fingerprint density at radius 1 is 0.923 bits per heavy atom. The number of likely N-dealkylation sites (N-methyl/N-ethyl adjacent to an activating group) is 1. The molecule has 0 saturated carbocycles. The molecule has 2 aromatic carbocycles. The van der Waals surface area contributed by atoms with Gasteiger partial charge in [0, 0.05) is 25.6 Å².